The van der Waals surface area contributed by atoms with E-state index in [0.29, 0.717) is 16.0 Å². The van der Waals surface area contributed by atoms with E-state index in [2.05, 4.69) is 0 Å². The number of thiophene rings is 1. The topological polar surface area (TPSA) is 65.7 Å². The number of carbonyl (C=O) groups excluding carboxylic acids is 2. The lowest BCUT2D eigenvalue weighted by Crippen LogP contribution is -2.08. The Hall–Kier alpha value is -2.93. The molecule has 1 aromatic carbocycles. The predicted molar refractivity (Wildman–Crippen MR) is 95.3 cm³/mol. The van der Waals surface area contributed by atoms with Gasteiger partial charge in [-0.25, -0.2) is 14.0 Å². The molecule has 0 fully saturated rings. The van der Waals surface area contributed by atoms with Crippen LogP contribution >= 0.6 is 11.3 Å². The van der Waals surface area contributed by atoms with Crippen LogP contribution in [0.2, 0.25) is 0 Å². The van der Waals surface area contributed by atoms with Crippen molar-refractivity contribution in [2.24, 2.45) is 0 Å². The summed E-state index contributed by atoms with van der Waals surface area (Å²) in [6, 6.07) is 7.94. The first-order chi connectivity index (χ1) is 12.6. The summed E-state index contributed by atoms with van der Waals surface area (Å²) in [6.07, 6.45) is 4.14. The van der Waals surface area contributed by atoms with Gasteiger partial charge >= 0.3 is 11.9 Å². The van der Waals surface area contributed by atoms with Gasteiger partial charge < -0.3 is 13.9 Å². The highest BCUT2D eigenvalue weighted by molar-refractivity contribution is 7.21. The van der Waals surface area contributed by atoms with Crippen molar-refractivity contribution in [1.82, 2.24) is 0 Å². The molecule has 5 nitrogen and oxygen atoms in total. The maximum atomic E-state index is 14.3. The van der Waals surface area contributed by atoms with Crippen molar-refractivity contribution in [1.29, 1.82) is 0 Å². The van der Waals surface area contributed by atoms with Crippen LogP contribution in [0.4, 0.5) is 4.39 Å². The Labute approximate surface area is 152 Å². The zero-order chi connectivity index (χ0) is 18.5. The zero-order valence-corrected chi connectivity index (χ0v) is 14.7. The molecule has 134 valence electrons. The number of rotatable bonds is 6. The zero-order valence-electron chi connectivity index (χ0n) is 13.9. The summed E-state index contributed by atoms with van der Waals surface area (Å²) >= 11 is 1.11. The first-order valence-corrected chi connectivity index (χ1v) is 8.67. The van der Waals surface area contributed by atoms with Crippen molar-refractivity contribution in [2.75, 3.05) is 6.61 Å². The third-order valence-corrected chi connectivity index (χ3v) is 4.69. The Balaban J connectivity index is 1.84. The molecule has 0 atom stereocenters. The summed E-state index contributed by atoms with van der Waals surface area (Å²) in [5.41, 5.74) is 0.307. The van der Waals surface area contributed by atoms with E-state index in [1.807, 2.05) is 0 Å². The molecule has 0 spiro atoms. The summed E-state index contributed by atoms with van der Waals surface area (Å²) in [5.74, 6) is -1.18. The molecule has 0 radical (unpaired) electrons. The number of halogens is 1. The fourth-order valence-corrected chi connectivity index (χ4v) is 3.51. The van der Waals surface area contributed by atoms with Gasteiger partial charge in [-0.1, -0.05) is 6.07 Å². The minimum Gasteiger partial charge on any atom is -0.465 e. The SMILES string of the molecule is CCOC(=O)c1sc2cccc(F)c2c1COC(=O)C=Cc1ccco1. The largest absolute Gasteiger partial charge is 0.465 e. The molecule has 0 N–H and O–H groups in total. The molecular weight excluding hydrogens is 359 g/mol. The van der Waals surface area contributed by atoms with Crippen molar-refractivity contribution in [3.63, 3.8) is 0 Å². The van der Waals surface area contributed by atoms with Gasteiger partial charge in [-0.05, 0) is 37.3 Å². The number of hydrogen-bond donors (Lipinski definition) is 0. The average molecular weight is 374 g/mol. The third-order valence-electron chi connectivity index (χ3n) is 3.51. The fourth-order valence-electron chi connectivity index (χ4n) is 2.39. The maximum absolute atomic E-state index is 14.3. The van der Waals surface area contributed by atoms with E-state index in [1.165, 1.54) is 24.5 Å². The monoisotopic (exact) mass is 374 g/mol. The van der Waals surface area contributed by atoms with E-state index in [9.17, 15) is 14.0 Å². The Morgan fingerprint density at radius 3 is 2.81 bits per heavy atom. The van der Waals surface area contributed by atoms with Crippen LogP contribution in [0.5, 0.6) is 0 Å². The molecular formula is C19H15FO5S. The van der Waals surface area contributed by atoms with Gasteiger partial charge in [0.2, 0.25) is 0 Å². The van der Waals surface area contributed by atoms with Gasteiger partial charge in [-0.3, -0.25) is 0 Å². The van der Waals surface area contributed by atoms with Gasteiger partial charge in [0.25, 0.3) is 0 Å². The first-order valence-electron chi connectivity index (χ1n) is 7.85. The van der Waals surface area contributed by atoms with Crippen molar-refractivity contribution >= 4 is 39.4 Å². The Morgan fingerprint density at radius 2 is 2.08 bits per heavy atom. The number of esters is 2. The first kappa shape index (κ1) is 17.9. The van der Waals surface area contributed by atoms with Crippen molar-refractivity contribution < 1.29 is 27.9 Å². The molecule has 0 aliphatic carbocycles. The molecule has 0 saturated carbocycles. The second kappa shape index (κ2) is 7.97. The number of hydrogen-bond acceptors (Lipinski definition) is 6. The van der Waals surface area contributed by atoms with Gasteiger partial charge in [0.1, 0.15) is 23.1 Å². The molecule has 0 amide bonds. The Bertz CT molecular complexity index is 956. The molecule has 0 bridgehead atoms. The molecule has 0 unspecified atom stereocenters. The molecule has 3 rings (SSSR count). The van der Waals surface area contributed by atoms with E-state index < -0.39 is 17.8 Å². The molecule has 3 aromatic rings. The third kappa shape index (κ3) is 3.83. The van der Waals surface area contributed by atoms with Crippen LogP contribution in [-0.4, -0.2) is 18.5 Å². The molecule has 0 saturated heterocycles. The minimum atomic E-state index is -0.633. The highest BCUT2D eigenvalue weighted by Gasteiger charge is 2.22. The quantitative estimate of drug-likeness (QED) is 0.467. The lowest BCUT2D eigenvalue weighted by atomic mass is 10.1. The Morgan fingerprint density at radius 1 is 1.23 bits per heavy atom. The van der Waals surface area contributed by atoms with Crippen LogP contribution < -0.4 is 0 Å². The minimum absolute atomic E-state index is 0.195. The molecule has 0 aliphatic rings. The van der Waals surface area contributed by atoms with E-state index in [-0.39, 0.29) is 23.5 Å². The second-order valence-corrected chi connectivity index (χ2v) is 6.25. The predicted octanol–water partition coefficient (Wildman–Crippen LogP) is 4.57. The van der Waals surface area contributed by atoms with Gasteiger partial charge in [0, 0.05) is 21.7 Å². The number of furan rings is 1. The number of benzene rings is 1. The maximum Gasteiger partial charge on any atom is 0.348 e. The smallest absolute Gasteiger partial charge is 0.348 e. The van der Waals surface area contributed by atoms with Gasteiger partial charge in [-0.15, -0.1) is 11.3 Å². The van der Waals surface area contributed by atoms with E-state index in [1.54, 1.807) is 31.2 Å². The molecule has 26 heavy (non-hydrogen) atoms. The van der Waals surface area contributed by atoms with Crippen LogP contribution in [0.25, 0.3) is 16.2 Å². The van der Waals surface area contributed by atoms with Crippen LogP contribution in [0.1, 0.15) is 27.9 Å². The normalized spacial score (nSPS) is 11.2. The number of carbonyl (C=O) groups is 2. The molecule has 0 aliphatic heterocycles. The number of ether oxygens (including phenoxy) is 2. The van der Waals surface area contributed by atoms with Crippen LogP contribution in [-0.2, 0) is 20.9 Å². The Kier molecular flexibility index (Phi) is 5.48. The summed E-state index contributed by atoms with van der Waals surface area (Å²) in [5, 5.41) is 0.267. The highest BCUT2D eigenvalue weighted by Crippen LogP contribution is 2.34. The summed E-state index contributed by atoms with van der Waals surface area (Å²) in [4.78, 5) is 24.3. The van der Waals surface area contributed by atoms with Crippen LogP contribution in [0.3, 0.4) is 0 Å². The van der Waals surface area contributed by atoms with Crippen molar-refractivity contribution in [2.45, 2.75) is 13.5 Å². The molecule has 2 heterocycles. The van der Waals surface area contributed by atoms with Gasteiger partial charge in [0.15, 0.2) is 0 Å². The summed E-state index contributed by atoms with van der Waals surface area (Å²) in [7, 11) is 0. The lowest BCUT2D eigenvalue weighted by Gasteiger charge is -2.05. The average Bonchev–Trinajstić information content (AvgIpc) is 3.26. The molecule has 7 heteroatoms. The van der Waals surface area contributed by atoms with Crippen molar-refractivity contribution in [3.05, 3.63) is 64.7 Å². The van der Waals surface area contributed by atoms with Crippen molar-refractivity contribution in [3.8, 4) is 0 Å². The fraction of sp³-hybridized carbons (Fsp3) is 0.158. The summed E-state index contributed by atoms with van der Waals surface area (Å²) in [6.45, 7) is 1.64. The molecule has 2 aromatic heterocycles. The standard InChI is InChI=1S/C19H15FO5S/c1-2-23-19(22)18-13(17-14(20)6-3-7-15(17)26-18)11-25-16(21)9-8-12-5-4-10-24-12/h3-10H,2,11H2,1H3. The van der Waals surface area contributed by atoms with Crippen LogP contribution in [0.15, 0.2) is 47.1 Å². The summed E-state index contributed by atoms with van der Waals surface area (Å²) < 4.78 is 30.1. The highest BCUT2D eigenvalue weighted by atomic mass is 32.1. The second-order valence-electron chi connectivity index (χ2n) is 5.20. The van der Waals surface area contributed by atoms with Crippen LogP contribution in [0, 0.1) is 5.82 Å². The van der Waals surface area contributed by atoms with E-state index in [4.69, 9.17) is 13.9 Å². The van der Waals surface area contributed by atoms with E-state index in [0.717, 1.165) is 11.3 Å². The van der Waals surface area contributed by atoms with E-state index >= 15 is 0 Å². The number of fused-ring (bicyclic) bond motifs is 1. The van der Waals surface area contributed by atoms with Gasteiger partial charge in [0.05, 0.1) is 12.9 Å². The lowest BCUT2D eigenvalue weighted by molar-refractivity contribution is -0.138. The van der Waals surface area contributed by atoms with Gasteiger partial charge in [-0.2, -0.15) is 0 Å².